The summed E-state index contributed by atoms with van der Waals surface area (Å²) in [4.78, 5) is 11.8. The molecule has 2 rings (SSSR count). The molecule has 1 heterocycles. The highest BCUT2D eigenvalue weighted by molar-refractivity contribution is 7.89. The highest BCUT2D eigenvalue weighted by atomic mass is 35.5. The second-order valence-electron chi connectivity index (χ2n) is 4.82. The number of hydrogen-bond donors (Lipinski definition) is 2. The third-order valence-corrected chi connectivity index (χ3v) is 5.26. The van der Waals surface area contributed by atoms with E-state index in [0.29, 0.717) is 30.1 Å². The second kappa shape index (κ2) is 7.66. The summed E-state index contributed by atoms with van der Waals surface area (Å²) in [6.07, 6.45) is 0.740. The number of halogens is 1. The van der Waals surface area contributed by atoms with Gasteiger partial charge in [-0.25, -0.2) is 12.7 Å². The van der Waals surface area contributed by atoms with Gasteiger partial charge in [0.1, 0.15) is 5.75 Å². The summed E-state index contributed by atoms with van der Waals surface area (Å²) in [6, 6.07) is 4.94. The summed E-state index contributed by atoms with van der Waals surface area (Å²) in [5.74, 6) is 0.460. The lowest BCUT2D eigenvalue weighted by Gasteiger charge is -2.14. The number of hydrogen-bond acceptors (Lipinski definition) is 5. The minimum absolute atomic E-state index is 0. The van der Waals surface area contributed by atoms with Gasteiger partial charge in [-0.2, -0.15) is 0 Å². The van der Waals surface area contributed by atoms with Gasteiger partial charge in [0.15, 0.2) is 0 Å². The van der Waals surface area contributed by atoms with Gasteiger partial charge in [-0.05, 0) is 24.6 Å². The van der Waals surface area contributed by atoms with Gasteiger partial charge in [-0.15, -0.1) is 12.4 Å². The number of carbonyl (C=O) groups is 1. The van der Waals surface area contributed by atoms with Gasteiger partial charge in [-0.1, -0.05) is 0 Å². The molecule has 0 aromatic heterocycles. The Labute approximate surface area is 136 Å². The summed E-state index contributed by atoms with van der Waals surface area (Å²) < 4.78 is 29.6. The lowest BCUT2D eigenvalue weighted by Crippen LogP contribution is -2.29. The van der Waals surface area contributed by atoms with Crippen LogP contribution in [-0.2, 0) is 14.8 Å². The highest BCUT2D eigenvalue weighted by Crippen LogP contribution is 2.24. The molecule has 1 saturated heterocycles. The molecule has 0 atom stereocenters. The molecular weight excluding hydrogens is 330 g/mol. The standard InChI is InChI=1S/C13H19N3O4S.ClH/c1-20-12-4-3-10(9-11(12)14)15-13(17)5-7-16-6-2-8-21(16,18)19;/h3-4,9H,2,5-8,14H2,1H3,(H,15,17);1H. The molecular formula is C13H20ClN3O4S. The summed E-state index contributed by atoms with van der Waals surface area (Å²) in [5, 5.41) is 2.69. The average Bonchev–Trinajstić information content (AvgIpc) is 2.75. The van der Waals surface area contributed by atoms with Crippen LogP contribution in [0.5, 0.6) is 5.75 Å². The van der Waals surface area contributed by atoms with Crippen LogP contribution < -0.4 is 15.8 Å². The number of methoxy groups -OCH3 is 1. The smallest absolute Gasteiger partial charge is 0.225 e. The van der Waals surface area contributed by atoms with E-state index in [4.69, 9.17) is 10.5 Å². The average molecular weight is 350 g/mol. The van der Waals surface area contributed by atoms with Crippen LogP contribution in [0.25, 0.3) is 0 Å². The maximum atomic E-state index is 11.8. The van der Waals surface area contributed by atoms with Crippen molar-refractivity contribution in [2.45, 2.75) is 12.8 Å². The van der Waals surface area contributed by atoms with Crippen LogP contribution in [0.15, 0.2) is 18.2 Å². The number of nitrogens with one attached hydrogen (secondary N) is 1. The molecule has 3 N–H and O–H groups in total. The Bertz CT molecular complexity index is 636. The van der Waals surface area contributed by atoms with Crippen molar-refractivity contribution in [1.29, 1.82) is 0 Å². The van der Waals surface area contributed by atoms with Crippen LogP contribution in [0.4, 0.5) is 11.4 Å². The van der Waals surface area contributed by atoms with Crippen molar-refractivity contribution in [2.24, 2.45) is 0 Å². The minimum atomic E-state index is -3.15. The van der Waals surface area contributed by atoms with Crippen molar-refractivity contribution in [3.63, 3.8) is 0 Å². The first-order chi connectivity index (χ1) is 9.92. The molecule has 1 aromatic carbocycles. The van der Waals surface area contributed by atoms with E-state index in [9.17, 15) is 13.2 Å². The van der Waals surface area contributed by atoms with E-state index in [0.717, 1.165) is 0 Å². The highest BCUT2D eigenvalue weighted by Gasteiger charge is 2.28. The van der Waals surface area contributed by atoms with Crippen molar-refractivity contribution < 1.29 is 17.9 Å². The fourth-order valence-corrected chi connectivity index (χ4v) is 3.73. The number of nitrogen functional groups attached to an aromatic ring is 1. The minimum Gasteiger partial charge on any atom is -0.495 e. The number of amides is 1. The maximum Gasteiger partial charge on any atom is 0.225 e. The van der Waals surface area contributed by atoms with Gasteiger partial charge in [-0.3, -0.25) is 4.79 Å². The number of nitrogens with zero attached hydrogens (tertiary/aromatic N) is 1. The molecule has 0 spiro atoms. The number of benzene rings is 1. The number of rotatable bonds is 5. The number of ether oxygens (including phenoxy) is 1. The van der Waals surface area contributed by atoms with Gasteiger partial charge in [0, 0.05) is 25.2 Å². The van der Waals surface area contributed by atoms with E-state index < -0.39 is 10.0 Å². The maximum absolute atomic E-state index is 11.8. The monoisotopic (exact) mass is 349 g/mol. The molecule has 22 heavy (non-hydrogen) atoms. The lowest BCUT2D eigenvalue weighted by atomic mass is 10.2. The number of nitrogens with two attached hydrogens (primary N) is 1. The van der Waals surface area contributed by atoms with E-state index in [-0.39, 0.29) is 37.0 Å². The molecule has 9 heteroatoms. The molecule has 0 unspecified atom stereocenters. The van der Waals surface area contributed by atoms with E-state index in [1.807, 2.05) is 0 Å². The SMILES string of the molecule is COc1ccc(NC(=O)CCN2CCCS2(=O)=O)cc1N.Cl. The van der Waals surface area contributed by atoms with Crippen LogP contribution in [-0.4, -0.2) is 44.6 Å². The third-order valence-electron chi connectivity index (χ3n) is 3.30. The first-order valence-corrected chi connectivity index (χ1v) is 8.24. The molecule has 1 amide bonds. The van der Waals surface area contributed by atoms with Crippen molar-refractivity contribution in [3.05, 3.63) is 18.2 Å². The largest absolute Gasteiger partial charge is 0.495 e. The Morgan fingerprint density at radius 2 is 2.18 bits per heavy atom. The molecule has 1 aliphatic rings. The predicted molar refractivity (Wildman–Crippen MR) is 87.9 cm³/mol. The predicted octanol–water partition coefficient (Wildman–Crippen LogP) is 1.06. The first-order valence-electron chi connectivity index (χ1n) is 6.63. The van der Waals surface area contributed by atoms with E-state index >= 15 is 0 Å². The Kier molecular flexibility index (Phi) is 6.46. The third kappa shape index (κ3) is 4.49. The summed E-state index contributed by atoms with van der Waals surface area (Å²) in [7, 11) is -1.64. The van der Waals surface area contributed by atoms with Gasteiger partial charge < -0.3 is 15.8 Å². The zero-order valence-corrected chi connectivity index (χ0v) is 13.9. The molecule has 0 bridgehead atoms. The number of carbonyl (C=O) groups excluding carboxylic acids is 1. The van der Waals surface area contributed by atoms with Crippen molar-refractivity contribution in [3.8, 4) is 5.75 Å². The molecule has 124 valence electrons. The van der Waals surface area contributed by atoms with E-state index in [1.54, 1.807) is 18.2 Å². The normalized spacial score (nSPS) is 16.8. The van der Waals surface area contributed by atoms with Crippen LogP contribution in [0.3, 0.4) is 0 Å². The second-order valence-corrected chi connectivity index (χ2v) is 6.91. The fraction of sp³-hybridized carbons (Fsp3) is 0.462. The van der Waals surface area contributed by atoms with Gasteiger partial charge in [0.05, 0.1) is 18.6 Å². The molecule has 0 aliphatic carbocycles. The molecule has 0 radical (unpaired) electrons. The fourth-order valence-electron chi connectivity index (χ4n) is 2.20. The molecule has 1 aromatic rings. The summed E-state index contributed by atoms with van der Waals surface area (Å²) >= 11 is 0. The van der Waals surface area contributed by atoms with Crippen molar-refractivity contribution in [1.82, 2.24) is 4.31 Å². The van der Waals surface area contributed by atoms with Crippen LogP contribution >= 0.6 is 12.4 Å². The summed E-state index contributed by atoms with van der Waals surface area (Å²) in [5.41, 5.74) is 6.74. The van der Waals surface area contributed by atoms with Crippen LogP contribution in [0.2, 0.25) is 0 Å². The zero-order chi connectivity index (χ0) is 15.5. The van der Waals surface area contributed by atoms with E-state index in [2.05, 4.69) is 5.32 Å². The van der Waals surface area contributed by atoms with Crippen molar-refractivity contribution >= 4 is 39.7 Å². The van der Waals surface area contributed by atoms with Gasteiger partial charge in [0.25, 0.3) is 0 Å². The Balaban J connectivity index is 0.00000242. The Hall–Kier alpha value is -1.51. The quantitative estimate of drug-likeness (QED) is 0.774. The topological polar surface area (TPSA) is 102 Å². The van der Waals surface area contributed by atoms with E-state index in [1.165, 1.54) is 11.4 Å². The van der Waals surface area contributed by atoms with Gasteiger partial charge in [0.2, 0.25) is 15.9 Å². The Morgan fingerprint density at radius 3 is 2.73 bits per heavy atom. The molecule has 0 saturated carbocycles. The molecule has 1 aliphatic heterocycles. The lowest BCUT2D eigenvalue weighted by molar-refractivity contribution is -0.116. The van der Waals surface area contributed by atoms with Gasteiger partial charge >= 0.3 is 0 Å². The molecule has 7 nitrogen and oxygen atoms in total. The summed E-state index contributed by atoms with van der Waals surface area (Å²) in [6.45, 7) is 0.699. The zero-order valence-electron chi connectivity index (χ0n) is 12.2. The number of anilines is 2. The van der Waals surface area contributed by atoms with Crippen molar-refractivity contribution in [2.75, 3.05) is 37.0 Å². The van der Waals surface area contributed by atoms with Crippen LogP contribution in [0, 0.1) is 0 Å². The Morgan fingerprint density at radius 1 is 1.45 bits per heavy atom. The molecule has 1 fully saturated rings. The first kappa shape index (κ1) is 18.5. The van der Waals surface area contributed by atoms with Crippen LogP contribution in [0.1, 0.15) is 12.8 Å². The number of sulfonamides is 1.